The predicted octanol–water partition coefficient (Wildman–Crippen LogP) is 1.11. The van der Waals surface area contributed by atoms with E-state index < -0.39 is 17.9 Å². The van der Waals surface area contributed by atoms with Gasteiger partial charge in [0.15, 0.2) is 0 Å². The van der Waals surface area contributed by atoms with Crippen LogP contribution in [0.1, 0.15) is 46.5 Å². The van der Waals surface area contributed by atoms with Crippen molar-refractivity contribution >= 4 is 17.9 Å². The number of piperazine rings is 1. The highest BCUT2D eigenvalue weighted by Gasteiger charge is 2.29. The second-order valence-corrected chi connectivity index (χ2v) is 5.35. The van der Waals surface area contributed by atoms with Gasteiger partial charge in [0.1, 0.15) is 0 Å². The monoisotopic (exact) mass is 334 g/mol. The van der Waals surface area contributed by atoms with Crippen molar-refractivity contribution < 1.29 is 29.7 Å². The van der Waals surface area contributed by atoms with Crippen LogP contribution in [0.2, 0.25) is 0 Å². The Morgan fingerprint density at radius 2 is 1.26 bits per heavy atom. The van der Waals surface area contributed by atoms with Gasteiger partial charge in [-0.1, -0.05) is 26.7 Å². The Labute approximate surface area is 137 Å². The van der Waals surface area contributed by atoms with Crippen LogP contribution < -0.4 is 5.32 Å². The molecule has 0 saturated carbocycles. The molecule has 0 aromatic heterocycles. The summed E-state index contributed by atoms with van der Waals surface area (Å²) in [6.07, 6.45) is 2.72. The molecule has 1 fully saturated rings. The Kier molecular flexibility index (Phi) is 14.3. The van der Waals surface area contributed by atoms with E-state index in [0.717, 1.165) is 6.92 Å². The topological polar surface area (TPSA) is 127 Å². The average Bonchev–Trinajstić information content (AvgIpc) is 2.42. The first-order chi connectivity index (χ1) is 10.6. The van der Waals surface area contributed by atoms with Gasteiger partial charge in [0, 0.05) is 32.1 Å². The lowest BCUT2D eigenvalue weighted by atomic mass is 10.0. The van der Waals surface area contributed by atoms with Gasteiger partial charge in [-0.05, 0) is 7.05 Å². The number of hydrogen-bond donors (Lipinski definition) is 4. The Morgan fingerprint density at radius 1 is 0.957 bits per heavy atom. The highest BCUT2D eigenvalue weighted by atomic mass is 16.4. The maximum atomic E-state index is 10.6. The first-order valence-electron chi connectivity index (χ1n) is 7.71. The normalized spacial score (nSPS) is 20.3. The predicted molar refractivity (Wildman–Crippen MR) is 86.6 cm³/mol. The van der Waals surface area contributed by atoms with Crippen molar-refractivity contribution in [3.8, 4) is 0 Å². The number of rotatable bonds is 5. The third kappa shape index (κ3) is 15.0. The zero-order valence-electron chi connectivity index (χ0n) is 14.4. The molecule has 0 radical (unpaired) electrons. The summed E-state index contributed by atoms with van der Waals surface area (Å²) in [5, 5.41) is 27.8. The van der Waals surface area contributed by atoms with Crippen molar-refractivity contribution in [3.05, 3.63) is 0 Å². The SMILES string of the molecule is CC(=O)O.CCCC.CN1[C@@H](CC(=O)O)CNC[C@@H]1CC(=O)O. The molecule has 0 spiro atoms. The van der Waals surface area contributed by atoms with E-state index in [0.29, 0.717) is 13.1 Å². The second kappa shape index (κ2) is 14.0. The number of carboxylic acid groups (broad SMARTS) is 3. The molecule has 8 nitrogen and oxygen atoms in total. The van der Waals surface area contributed by atoms with Gasteiger partial charge in [0.2, 0.25) is 0 Å². The van der Waals surface area contributed by atoms with Crippen molar-refractivity contribution in [1.82, 2.24) is 10.2 Å². The number of carbonyl (C=O) groups is 3. The zero-order chi connectivity index (χ0) is 18.4. The van der Waals surface area contributed by atoms with E-state index in [9.17, 15) is 9.59 Å². The lowest BCUT2D eigenvalue weighted by Gasteiger charge is -2.38. The average molecular weight is 334 g/mol. The van der Waals surface area contributed by atoms with Crippen molar-refractivity contribution in [2.24, 2.45) is 0 Å². The fourth-order valence-corrected chi connectivity index (χ4v) is 1.84. The smallest absolute Gasteiger partial charge is 0.304 e. The number of hydrogen-bond acceptors (Lipinski definition) is 5. The molecule has 0 amide bonds. The molecule has 1 rings (SSSR count). The Balaban J connectivity index is 0. The standard InChI is InChI=1S/C9H16N2O4.C4H10.C2H4O2/c1-11-6(2-8(12)13)4-10-5-7(11)3-9(14)15;1-3-4-2;1-2(3)4/h6-7,10H,2-5H2,1H3,(H,12,13)(H,14,15);3-4H2,1-2H3;1H3,(H,3,4)/t6-,7-;;/m0../s1. The number of aliphatic carboxylic acids is 3. The van der Waals surface area contributed by atoms with Gasteiger partial charge in [-0.15, -0.1) is 0 Å². The van der Waals surface area contributed by atoms with Crippen LogP contribution in [-0.2, 0) is 14.4 Å². The molecule has 2 atom stereocenters. The molecule has 136 valence electrons. The Hall–Kier alpha value is -1.67. The maximum Gasteiger partial charge on any atom is 0.304 e. The highest BCUT2D eigenvalue weighted by molar-refractivity contribution is 5.68. The molecule has 8 heteroatoms. The van der Waals surface area contributed by atoms with Gasteiger partial charge >= 0.3 is 11.9 Å². The quantitative estimate of drug-likeness (QED) is 0.589. The molecular formula is C15H30N2O6. The van der Waals surface area contributed by atoms with Gasteiger partial charge in [-0.25, -0.2) is 0 Å². The van der Waals surface area contributed by atoms with E-state index in [4.69, 9.17) is 20.1 Å². The van der Waals surface area contributed by atoms with Gasteiger partial charge in [0.05, 0.1) is 12.8 Å². The summed E-state index contributed by atoms with van der Waals surface area (Å²) in [5.74, 6) is -2.55. The van der Waals surface area contributed by atoms with E-state index in [1.807, 2.05) is 4.90 Å². The molecule has 4 N–H and O–H groups in total. The summed E-state index contributed by atoms with van der Waals surface area (Å²) < 4.78 is 0. The molecule has 0 unspecified atom stereocenters. The van der Waals surface area contributed by atoms with E-state index in [2.05, 4.69) is 19.2 Å². The first kappa shape index (κ1) is 23.6. The van der Waals surface area contributed by atoms with Crippen LogP contribution in [0.15, 0.2) is 0 Å². The minimum Gasteiger partial charge on any atom is -0.481 e. The summed E-state index contributed by atoms with van der Waals surface area (Å²) in [5.41, 5.74) is 0. The van der Waals surface area contributed by atoms with E-state index in [-0.39, 0.29) is 24.9 Å². The summed E-state index contributed by atoms with van der Waals surface area (Å²) >= 11 is 0. The van der Waals surface area contributed by atoms with Crippen LogP contribution in [0.4, 0.5) is 0 Å². The Bertz CT molecular complexity index is 332. The molecule has 1 heterocycles. The van der Waals surface area contributed by atoms with Crippen LogP contribution in [0.25, 0.3) is 0 Å². The maximum absolute atomic E-state index is 10.6. The molecule has 1 aliphatic rings. The van der Waals surface area contributed by atoms with Gasteiger partial charge in [0.25, 0.3) is 5.97 Å². The lowest BCUT2D eigenvalue weighted by molar-refractivity contribution is -0.140. The summed E-state index contributed by atoms with van der Waals surface area (Å²) in [4.78, 5) is 32.0. The lowest BCUT2D eigenvalue weighted by Crippen LogP contribution is -2.56. The van der Waals surface area contributed by atoms with Gasteiger partial charge in [-0.2, -0.15) is 0 Å². The number of likely N-dealkylation sites (N-methyl/N-ethyl adjacent to an activating group) is 1. The first-order valence-corrected chi connectivity index (χ1v) is 7.71. The van der Waals surface area contributed by atoms with E-state index in [1.54, 1.807) is 7.05 Å². The molecule has 0 aromatic rings. The van der Waals surface area contributed by atoms with Crippen molar-refractivity contribution in [3.63, 3.8) is 0 Å². The number of unbranched alkanes of at least 4 members (excludes halogenated alkanes) is 1. The minimum absolute atomic E-state index is 0.0413. The molecule has 0 bridgehead atoms. The third-order valence-electron chi connectivity index (χ3n) is 3.23. The second-order valence-electron chi connectivity index (χ2n) is 5.35. The largest absolute Gasteiger partial charge is 0.481 e. The van der Waals surface area contributed by atoms with E-state index in [1.165, 1.54) is 12.8 Å². The molecule has 0 aliphatic carbocycles. The van der Waals surface area contributed by atoms with Crippen LogP contribution in [0.3, 0.4) is 0 Å². The molecular weight excluding hydrogens is 304 g/mol. The zero-order valence-corrected chi connectivity index (χ0v) is 14.4. The number of nitrogens with zero attached hydrogens (tertiary/aromatic N) is 1. The molecule has 1 aliphatic heterocycles. The van der Waals surface area contributed by atoms with Crippen LogP contribution in [0.5, 0.6) is 0 Å². The minimum atomic E-state index is -0.857. The third-order valence-corrected chi connectivity index (χ3v) is 3.23. The molecule has 23 heavy (non-hydrogen) atoms. The van der Waals surface area contributed by atoms with Crippen LogP contribution >= 0.6 is 0 Å². The number of nitrogens with one attached hydrogen (secondary N) is 1. The summed E-state index contributed by atoms with van der Waals surface area (Å²) in [6, 6.07) is -0.249. The fraction of sp³-hybridized carbons (Fsp3) is 0.800. The van der Waals surface area contributed by atoms with E-state index >= 15 is 0 Å². The highest BCUT2D eigenvalue weighted by Crippen LogP contribution is 2.13. The summed E-state index contributed by atoms with van der Waals surface area (Å²) in [6.45, 7) is 6.64. The summed E-state index contributed by atoms with van der Waals surface area (Å²) in [7, 11) is 1.78. The number of carboxylic acids is 3. The molecule has 0 aromatic carbocycles. The van der Waals surface area contributed by atoms with Gasteiger partial charge in [-0.3, -0.25) is 19.3 Å². The van der Waals surface area contributed by atoms with Crippen molar-refractivity contribution in [2.75, 3.05) is 20.1 Å². The van der Waals surface area contributed by atoms with Crippen LogP contribution in [-0.4, -0.2) is 70.3 Å². The van der Waals surface area contributed by atoms with Crippen LogP contribution in [0, 0.1) is 0 Å². The Morgan fingerprint density at radius 3 is 1.48 bits per heavy atom. The molecule has 1 saturated heterocycles. The fourth-order valence-electron chi connectivity index (χ4n) is 1.84. The van der Waals surface area contributed by atoms with Gasteiger partial charge < -0.3 is 20.6 Å². The van der Waals surface area contributed by atoms with Crippen molar-refractivity contribution in [1.29, 1.82) is 0 Å². The van der Waals surface area contributed by atoms with Crippen molar-refractivity contribution in [2.45, 2.75) is 58.5 Å².